The summed E-state index contributed by atoms with van der Waals surface area (Å²) in [5.74, 6) is -0.275. The van der Waals surface area contributed by atoms with Crippen molar-refractivity contribution in [1.29, 1.82) is 0 Å². The van der Waals surface area contributed by atoms with E-state index in [9.17, 15) is 21.6 Å². The van der Waals surface area contributed by atoms with Crippen molar-refractivity contribution in [2.75, 3.05) is 17.9 Å². The first-order valence-electron chi connectivity index (χ1n) is 8.85. The van der Waals surface area contributed by atoms with Gasteiger partial charge < -0.3 is 10.1 Å². The topological polar surface area (TPSA) is 67.4 Å². The molecule has 0 aliphatic carbocycles. The SMILES string of the molecule is Cc1c(S(=O)(=O)Nc2cc3c(c(C(F)(F)F)c2)OCCNC3)sc2ccc(Cl)cc12. The first-order valence-corrected chi connectivity index (χ1v) is 11.5. The van der Waals surface area contributed by atoms with Crippen molar-refractivity contribution in [2.24, 2.45) is 0 Å². The molecule has 0 amide bonds. The number of hydrogen-bond donors (Lipinski definition) is 2. The second kappa shape index (κ2) is 7.60. The molecule has 0 saturated heterocycles. The fourth-order valence-electron chi connectivity index (χ4n) is 3.34. The van der Waals surface area contributed by atoms with Gasteiger partial charge in [-0.05, 0) is 48.2 Å². The number of halogens is 4. The summed E-state index contributed by atoms with van der Waals surface area (Å²) < 4.78 is 75.1. The lowest BCUT2D eigenvalue weighted by Crippen LogP contribution is -2.16. The Bertz CT molecular complexity index is 1240. The van der Waals surface area contributed by atoms with Gasteiger partial charge in [0, 0.05) is 28.4 Å². The van der Waals surface area contributed by atoms with Gasteiger partial charge >= 0.3 is 6.18 Å². The van der Waals surface area contributed by atoms with Crippen molar-refractivity contribution < 1.29 is 26.3 Å². The number of ether oxygens (including phenoxy) is 1. The van der Waals surface area contributed by atoms with Gasteiger partial charge in [-0.25, -0.2) is 8.42 Å². The fourth-order valence-corrected chi connectivity index (χ4v) is 6.30. The zero-order chi connectivity index (χ0) is 21.7. The quantitative estimate of drug-likeness (QED) is 0.547. The van der Waals surface area contributed by atoms with Gasteiger partial charge in [0.1, 0.15) is 16.6 Å². The Balaban J connectivity index is 1.78. The Morgan fingerprint density at radius 1 is 1.23 bits per heavy atom. The summed E-state index contributed by atoms with van der Waals surface area (Å²) in [6.45, 7) is 2.25. The van der Waals surface area contributed by atoms with E-state index in [1.54, 1.807) is 25.1 Å². The molecule has 0 spiro atoms. The van der Waals surface area contributed by atoms with Crippen LogP contribution in [0.4, 0.5) is 18.9 Å². The predicted octanol–water partition coefficient (Wildman–Crippen LogP) is 5.16. The molecule has 0 bridgehead atoms. The summed E-state index contributed by atoms with van der Waals surface area (Å²) in [5.41, 5.74) is -0.467. The second-order valence-electron chi connectivity index (χ2n) is 6.80. The Labute approximate surface area is 179 Å². The molecule has 0 radical (unpaired) electrons. The van der Waals surface area contributed by atoms with E-state index in [4.69, 9.17) is 16.3 Å². The van der Waals surface area contributed by atoms with Gasteiger partial charge in [0.15, 0.2) is 0 Å². The number of benzene rings is 2. The average molecular weight is 477 g/mol. The van der Waals surface area contributed by atoms with Crippen LogP contribution < -0.4 is 14.8 Å². The number of fused-ring (bicyclic) bond motifs is 2. The third-order valence-electron chi connectivity index (χ3n) is 4.66. The van der Waals surface area contributed by atoms with Crippen molar-refractivity contribution in [3.05, 3.63) is 52.0 Å². The zero-order valence-electron chi connectivity index (χ0n) is 15.6. The molecule has 30 heavy (non-hydrogen) atoms. The molecule has 0 unspecified atom stereocenters. The standard InChI is InChI=1S/C19H16ClF3N2O3S2/c1-10-14-7-12(20)2-3-16(14)29-18(10)30(26,27)25-13-6-11-9-24-4-5-28-17(11)15(8-13)19(21,22)23/h2-3,6-8,24-25H,4-5,9H2,1H3. The van der Waals surface area contributed by atoms with Gasteiger partial charge in [0.25, 0.3) is 10.0 Å². The minimum absolute atomic E-state index is 0.0256. The van der Waals surface area contributed by atoms with Crippen molar-refractivity contribution >= 4 is 48.7 Å². The largest absolute Gasteiger partial charge is 0.491 e. The van der Waals surface area contributed by atoms with Crippen molar-refractivity contribution in [2.45, 2.75) is 23.9 Å². The molecule has 1 aromatic heterocycles. The van der Waals surface area contributed by atoms with Crippen LogP contribution in [0.5, 0.6) is 5.75 Å². The Morgan fingerprint density at radius 3 is 2.73 bits per heavy atom. The minimum Gasteiger partial charge on any atom is -0.491 e. The zero-order valence-corrected chi connectivity index (χ0v) is 18.0. The van der Waals surface area contributed by atoms with Gasteiger partial charge in [-0.1, -0.05) is 11.6 Å². The summed E-state index contributed by atoms with van der Waals surface area (Å²) in [6, 6.07) is 7.15. The highest BCUT2D eigenvalue weighted by atomic mass is 35.5. The van der Waals surface area contributed by atoms with Crippen molar-refractivity contribution in [3.63, 3.8) is 0 Å². The van der Waals surface area contributed by atoms with E-state index >= 15 is 0 Å². The van der Waals surface area contributed by atoms with Crippen LogP contribution in [0, 0.1) is 6.92 Å². The van der Waals surface area contributed by atoms with Gasteiger partial charge in [0.2, 0.25) is 0 Å². The van der Waals surface area contributed by atoms with E-state index in [0.717, 1.165) is 17.4 Å². The molecule has 0 fully saturated rings. The summed E-state index contributed by atoms with van der Waals surface area (Å²) in [7, 11) is -4.12. The first-order chi connectivity index (χ1) is 14.1. The number of sulfonamides is 1. The number of anilines is 1. The number of thiophene rings is 1. The maximum absolute atomic E-state index is 13.6. The van der Waals surface area contributed by atoms with E-state index in [2.05, 4.69) is 10.0 Å². The van der Waals surface area contributed by atoms with Crippen LogP contribution in [0.25, 0.3) is 10.1 Å². The molecule has 5 nitrogen and oxygen atoms in total. The molecular formula is C19H16ClF3N2O3S2. The highest BCUT2D eigenvalue weighted by Gasteiger charge is 2.37. The minimum atomic E-state index is -4.69. The molecule has 2 aromatic carbocycles. The molecule has 11 heteroatoms. The van der Waals surface area contributed by atoms with Crippen molar-refractivity contribution in [1.82, 2.24) is 5.32 Å². The summed E-state index contributed by atoms with van der Waals surface area (Å²) in [5, 5.41) is 4.11. The van der Waals surface area contributed by atoms with Crippen LogP contribution >= 0.6 is 22.9 Å². The molecule has 1 aliphatic rings. The van der Waals surface area contributed by atoms with Gasteiger partial charge in [-0.3, -0.25) is 4.72 Å². The molecule has 2 heterocycles. The molecule has 3 aromatic rings. The van der Waals surface area contributed by atoms with Crippen LogP contribution in [0.1, 0.15) is 16.7 Å². The van der Waals surface area contributed by atoms with Crippen LogP contribution in [0.3, 0.4) is 0 Å². The number of alkyl halides is 3. The smallest absolute Gasteiger partial charge is 0.420 e. The average Bonchev–Trinajstić information content (AvgIpc) is 2.83. The third kappa shape index (κ3) is 3.96. The maximum atomic E-state index is 13.6. The van der Waals surface area contributed by atoms with Crippen molar-refractivity contribution in [3.8, 4) is 5.75 Å². The lowest BCUT2D eigenvalue weighted by atomic mass is 10.1. The molecule has 0 saturated carbocycles. The predicted molar refractivity (Wildman–Crippen MR) is 111 cm³/mol. The number of hydrogen-bond acceptors (Lipinski definition) is 5. The third-order valence-corrected chi connectivity index (χ3v) is 8.17. The van der Waals surface area contributed by atoms with E-state index in [-0.39, 0.29) is 34.4 Å². The van der Waals surface area contributed by atoms with E-state index in [0.29, 0.717) is 27.2 Å². The van der Waals surface area contributed by atoms with Gasteiger partial charge in [-0.2, -0.15) is 13.2 Å². The lowest BCUT2D eigenvalue weighted by Gasteiger charge is -2.18. The Kier molecular flexibility index (Phi) is 5.38. The number of rotatable bonds is 3. The molecule has 4 rings (SSSR count). The lowest BCUT2D eigenvalue weighted by molar-refractivity contribution is -0.138. The monoisotopic (exact) mass is 476 g/mol. The van der Waals surface area contributed by atoms with Crippen LogP contribution in [-0.2, 0) is 22.7 Å². The Hall–Kier alpha value is -2.01. The maximum Gasteiger partial charge on any atom is 0.420 e. The molecule has 0 atom stereocenters. The summed E-state index contributed by atoms with van der Waals surface area (Å²) >= 11 is 7.03. The van der Waals surface area contributed by atoms with Crippen LogP contribution in [0.15, 0.2) is 34.5 Å². The van der Waals surface area contributed by atoms with Gasteiger partial charge in [0.05, 0.1) is 11.3 Å². The summed E-state index contributed by atoms with van der Waals surface area (Å²) in [4.78, 5) is 0. The Morgan fingerprint density at radius 2 is 2.00 bits per heavy atom. The molecular weight excluding hydrogens is 461 g/mol. The number of nitrogens with one attached hydrogen (secondary N) is 2. The fraction of sp³-hybridized carbons (Fsp3) is 0.263. The molecule has 1 aliphatic heterocycles. The number of aryl methyl sites for hydroxylation is 1. The molecule has 160 valence electrons. The first kappa shape index (κ1) is 21.2. The highest BCUT2D eigenvalue weighted by molar-refractivity contribution is 7.94. The van der Waals surface area contributed by atoms with Crippen LogP contribution in [0.2, 0.25) is 5.02 Å². The van der Waals surface area contributed by atoms with Gasteiger partial charge in [-0.15, -0.1) is 11.3 Å². The summed E-state index contributed by atoms with van der Waals surface area (Å²) in [6.07, 6.45) is -4.69. The highest BCUT2D eigenvalue weighted by Crippen LogP contribution is 2.42. The normalized spacial score (nSPS) is 14.8. The van der Waals surface area contributed by atoms with E-state index < -0.39 is 21.8 Å². The van der Waals surface area contributed by atoms with E-state index in [1.165, 1.54) is 6.07 Å². The van der Waals surface area contributed by atoms with Crippen LogP contribution in [-0.4, -0.2) is 21.6 Å². The second-order valence-corrected chi connectivity index (χ2v) is 10.2. The van der Waals surface area contributed by atoms with E-state index in [1.807, 2.05) is 0 Å². The molecule has 2 N–H and O–H groups in total.